The summed E-state index contributed by atoms with van der Waals surface area (Å²) in [5.41, 5.74) is -1.43. The molecule has 0 radical (unpaired) electrons. The minimum absolute atomic E-state index is 0.00607. The van der Waals surface area contributed by atoms with E-state index >= 15 is 0 Å². The Balaban J connectivity index is 1.28. The highest BCUT2D eigenvalue weighted by Crippen LogP contribution is 2.48. The number of nitrogens with one attached hydrogen (secondary N) is 3. The smallest absolute Gasteiger partial charge is 0.407 e. The van der Waals surface area contributed by atoms with Gasteiger partial charge in [-0.15, -0.1) is 0 Å². The third-order valence-electron chi connectivity index (χ3n) is 10.9. The molecule has 19 heteroatoms. The Hall–Kier alpha value is -5.07. The molecule has 16 nitrogen and oxygen atoms in total. The van der Waals surface area contributed by atoms with Crippen molar-refractivity contribution in [2.75, 3.05) is 13.2 Å². The molecule has 2 aromatic heterocycles. The normalized spacial score (nSPS) is 26.6. The predicted octanol–water partition coefficient (Wildman–Crippen LogP) is 3.30. The summed E-state index contributed by atoms with van der Waals surface area (Å²) in [5, 5.41) is 4.27. The number of hydrogen-bond donors (Lipinski definition) is 3. The van der Waals surface area contributed by atoms with E-state index in [0.29, 0.717) is 48.1 Å². The van der Waals surface area contributed by atoms with Crippen LogP contribution in [-0.4, -0.2) is 106 Å². The number of alkyl halides is 2. The first-order valence-corrected chi connectivity index (χ1v) is 20.5. The number of carbonyl (C=O) groups is 4. The third kappa shape index (κ3) is 8.48. The number of nitrogens with zero attached hydrogens (tertiary/aromatic N) is 5. The number of sulfonamides is 1. The van der Waals surface area contributed by atoms with E-state index < -0.39 is 92.4 Å². The number of aromatic nitrogens is 4. The van der Waals surface area contributed by atoms with Gasteiger partial charge in [0.05, 0.1) is 47.2 Å². The molecule has 2 aliphatic carbocycles. The number of cyclic esters (lactones) is 1. The molecule has 3 N–H and O–H groups in total. The Morgan fingerprint density at radius 2 is 1.75 bits per heavy atom. The molecule has 0 unspecified atom stereocenters. The fourth-order valence-electron chi connectivity index (χ4n) is 7.22. The summed E-state index contributed by atoms with van der Waals surface area (Å²) in [4.78, 5) is 75.6. The molecule has 306 valence electrons. The summed E-state index contributed by atoms with van der Waals surface area (Å²) in [6.45, 7) is 8.75. The summed E-state index contributed by atoms with van der Waals surface area (Å²) in [6, 6.07) is 4.43. The van der Waals surface area contributed by atoms with Gasteiger partial charge < -0.3 is 25.0 Å². The second-order valence-electron chi connectivity index (χ2n) is 17.2. The zero-order valence-corrected chi connectivity index (χ0v) is 33.1. The summed E-state index contributed by atoms with van der Waals surface area (Å²) in [6.07, 6.45) is -0.797. The number of fused-ring (bicyclic) bond motifs is 7. The van der Waals surface area contributed by atoms with Crippen LogP contribution in [0.25, 0.3) is 22.4 Å². The van der Waals surface area contributed by atoms with E-state index in [1.54, 1.807) is 51.2 Å². The molecule has 57 heavy (non-hydrogen) atoms. The Bertz CT molecular complexity index is 2220. The van der Waals surface area contributed by atoms with Crippen molar-refractivity contribution in [2.24, 2.45) is 16.7 Å². The van der Waals surface area contributed by atoms with E-state index in [2.05, 4.69) is 15.6 Å². The molecule has 2 saturated carbocycles. The quantitative estimate of drug-likeness (QED) is 0.328. The van der Waals surface area contributed by atoms with Crippen molar-refractivity contribution in [1.29, 1.82) is 0 Å². The number of halogens is 2. The van der Waals surface area contributed by atoms with Gasteiger partial charge in [-0.3, -0.25) is 24.1 Å². The van der Waals surface area contributed by atoms with Crippen LogP contribution in [0.4, 0.5) is 13.6 Å². The lowest BCUT2D eigenvalue weighted by molar-refractivity contribution is -0.143. The lowest BCUT2D eigenvalue weighted by atomic mass is 9.85. The van der Waals surface area contributed by atoms with Gasteiger partial charge in [0.2, 0.25) is 34.1 Å². The number of hydrogen-bond acceptors (Lipinski definition) is 12. The van der Waals surface area contributed by atoms with Gasteiger partial charge in [-0.25, -0.2) is 36.9 Å². The summed E-state index contributed by atoms with van der Waals surface area (Å²) >= 11 is 0. The third-order valence-corrected chi connectivity index (χ3v) is 12.7. The maximum Gasteiger partial charge on any atom is 0.407 e. The first-order chi connectivity index (χ1) is 26.8. The molecule has 4 amide bonds. The maximum absolute atomic E-state index is 14.6. The van der Waals surface area contributed by atoms with Gasteiger partial charge in [0.1, 0.15) is 29.4 Å². The molecule has 4 heterocycles. The van der Waals surface area contributed by atoms with Crippen LogP contribution in [0, 0.1) is 16.7 Å². The van der Waals surface area contributed by atoms with Gasteiger partial charge in [0.25, 0.3) is 5.91 Å². The van der Waals surface area contributed by atoms with Crippen molar-refractivity contribution >= 4 is 44.9 Å². The minimum atomic E-state index is -4.15. The monoisotopic (exact) mass is 812 g/mol. The fraction of sp³-hybridized carbons (Fsp3) is 0.579. The average molecular weight is 813 g/mol. The molecule has 1 aromatic carbocycles. The summed E-state index contributed by atoms with van der Waals surface area (Å²) < 4.78 is 67.7. The van der Waals surface area contributed by atoms with Crippen LogP contribution in [0.15, 0.2) is 36.7 Å². The first-order valence-electron chi connectivity index (χ1n) is 18.9. The van der Waals surface area contributed by atoms with Gasteiger partial charge in [-0.2, -0.15) is 0 Å². The Kier molecular flexibility index (Phi) is 10.4. The van der Waals surface area contributed by atoms with Crippen LogP contribution in [0.1, 0.15) is 72.4 Å². The Morgan fingerprint density at radius 3 is 2.40 bits per heavy atom. The van der Waals surface area contributed by atoms with Gasteiger partial charge >= 0.3 is 6.09 Å². The minimum Gasteiger partial charge on any atom is -0.471 e. The number of alkyl carbamates (subject to hydrolysis) is 1. The second-order valence-corrected chi connectivity index (χ2v) is 19.2. The number of amides is 4. The molecular formula is C38H46F2N8O8S. The lowest BCUT2D eigenvalue weighted by Crippen LogP contribution is -2.60. The number of carbonyl (C=O) groups excluding carboxylic acids is 4. The molecule has 7 rings (SSSR count). The van der Waals surface area contributed by atoms with E-state index in [0.717, 1.165) is 0 Å². The maximum atomic E-state index is 14.6. The molecule has 5 atom stereocenters. The number of ether oxygens (including phenoxy) is 2. The van der Waals surface area contributed by atoms with Crippen molar-refractivity contribution in [2.45, 2.75) is 109 Å². The standard InChI is InChI=1S/C38H46F2N8O8S/c1-36(2,3)29-33(50)48-18-21(14-27(48)31(49)46-38(15-23(38)30(39)40)34(51)47-57(53,54)22-10-11-22)56-32-28(43-24-8-6-7-9-25(24)44-32)26-17-41-16-20(42-26)12-13-37(4,5)19-55-35(52)45-29/h6-9,16-17,21-23,27,29-30H,10-15,18-19H2,1-5H3,(H,45,52)(H,46,49)(H,47,51)/t21-,23+,27+,29-,38+/m1/s1. The average Bonchev–Trinajstić information content (AvgIpc) is 4.08. The van der Waals surface area contributed by atoms with E-state index in [1.165, 1.54) is 11.1 Å². The van der Waals surface area contributed by atoms with Crippen molar-refractivity contribution in [3.05, 3.63) is 42.4 Å². The summed E-state index contributed by atoms with van der Waals surface area (Å²) in [5.74, 6) is -4.59. The van der Waals surface area contributed by atoms with Crippen LogP contribution in [0.3, 0.4) is 0 Å². The van der Waals surface area contributed by atoms with E-state index in [-0.39, 0.29) is 31.1 Å². The van der Waals surface area contributed by atoms with Crippen molar-refractivity contribution < 1.29 is 45.9 Å². The molecule has 0 spiro atoms. The van der Waals surface area contributed by atoms with Crippen LogP contribution in [0.2, 0.25) is 0 Å². The van der Waals surface area contributed by atoms with E-state index in [9.17, 15) is 36.4 Å². The number of para-hydroxylation sites is 2. The van der Waals surface area contributed by atoms with Gasteiger partial charge in [-0.1, -0.05) is 46.8 Å². The van der Waals surface area contributed by atoms with Crippen molar-refractivity contribution in [3.8, 4) is 17.3 Å². The molecule has 2 aliphatic heterocycles. The van der Waals surface area contributed by atoms with Crippen molar-refractivity contribution in [3.63, 3.8) is 0 Å². The van der Waals surface area contributed by atoms with Gasteiger partial charge in [0, 0.05) is 12.6 Å². The van der Waals surface area contributed by atoms with Gasteiger partial charge in [0.15, 0.2) is 5.69 Å². The predicted molar refractivity (Wildman–Crippen MR) is 200 cm³/mol. The number of benzene rings is 1. The molecule has 4 aliphatic rings. The first kappa shape index (κ1) is 40.1. The highest BCUT2D eigenvalue weighted by atomic mass is 32.2. The largest absolute Gasteiger partial charge is 0.471 e. The molecule has 3 aromatic rings. The van der Waals surface area contributed by atoms with Crippen LogP contribution in [0.5, 0.6) is 5.88 Å². The zero-order valence-electron chi connectivity index (χ0n) is 32.3. The molecule has 1 saturated heterocycles. The molecule has 3 fully saturated rings. The van der Waals surface area contributed by atoms with E-state index in [4.69, 9.17) is 24.4 Å². The molecule has 4 bridgehead atoms. The van der Waals surface area contributed by atoms with Crippen LogP contribution in [-0.2, 0) is 35.6 Å². The Labute approximate surface area is 328 Å². The van der Waals surface area contributed by atoms with Gasteiger partial charge in [-0.05, 0) is 55.1 Å². The van der Waals surface area contributed by atoms with Crippen molar-refractivity contribution in [1.82, 2.24) is 40.2 Å². The van der Waals surface area contributed by atoms with Crippen LogP contribution < -0.4 is 20.1 Å². The van der Waals surface area contributed by atoms with Crippen LogP contribution >= 0.6 is 0 Å². The highest BCUT2D eigenvalue weighted by Gasteiger charge is 2.67. The molecular weight excluding hydrogens is 767 g/mol. The Morgan fingerprint density at radius 1 is 1.05 bits per heavy atom. The fourth-order valence-corrected chi connectivity index (χ4v) is 8.58. The second kappa shape index (κ2) is 14.7. The lowest BCUT2D eigenvalue weighted by Gasteiger charge is -2.35. The number of rotatable bonds is 6. The highest BCUT2D eigenvalue weighted by molar-refractivity contribution is 7.91. The number of aryl methyl sites for hydroxylation is 1. The zero-order chi connectivity index (χ0) is 41.1. The topological polar surface area (TPSA) is 212 Å². The van der Waals surface area contributed by atoms with E-state index in [1.807, 2.05) is 18.6 Å². The summed E-state index contributed by atoms with van der Waals surface area (Å²) in [7, 11) is -4.15. The SMILES string of the molecule is CC1(C)CCc2cncc(n2)-c2nc3ccccc3nc2O[C@@H]2C[C@@H](C(=O)N[C@@]3(C(=O)NS(=O)(=O)C4CC4)C[C@H]3C(F)F)N(C2)C(=O)[C@H](C(C)(C)C)NC(=O)OC1.